The van der Waals surface area contributed by atoms with E-state index >= 15 is 0 Å². The summed E-state index contributed by atoms with van der Waals surface area (Å²) < 4.78 is 0. The highest BCUT2D eigenvalue weighted by molar-refractivity contribution is 5.76. The van der Waals surface area contributed by atoms with Crippen LogP contribution in [0.1, 0.15) is 72.1 Å². The van der Waals surface area contributed by atoms with Gasteiger partial charge in [0.2, 0.25) is 11.8 Å². The van der Waals surface area contributed by atoms with Gasteiger partial charge in [0.15, 0.2) is 0 Å². The summed E-state index contributed by atoms with van der Waals surface area (Å²) in [5, 5.41) is 6.38. The Labute approximate surface area is 151 Å². The van der Waals surface area contributed by atoms with Crippen molar-refractivity contribution in [1.29, 1.82) is 0 Å². The van der Waals surface area contributed by atoms with E-state index in [1.54, 1.807) is 6.92 Å². The van der Waals surface area contributed by atoms with Crippen LogP contribution in [-0.2, 0) is 9.59 Å². The largest absolute Gasteiger partial charge is 0.356 e. The molecule has 1 heterocycles. The Bertz CT molecular complexity index is 576. The minimum atomic E-state index is 0.123. The Balaban J connectivity index is 1.59. The average molecular weight is 347 g/mol. The van der Waals surface area contributed by atoms with Gasteiger partial charge < -0.3 is 10.6 Å². The molecule has 0 aromatic rings. The maximum Gasteiger partial charge on any atom is 0.220 e. The van der Waals surface area contributed by atoms with E-state index in [1.165, 1.54) is 32.1 Å². The second kappa shape index (κ2) is 5.99. The molecule has 2 amide bonds. The van der Waals surface area contributed by atoms with Crippen molar-refractivity contribution in [2.24, 2.45) is 34.5 Å². The molecule has 0 aromatic carbocycles. The van der Waals surface area contributed by atoms with Crippen molar-refractivity contribution in [2.75, 3.05) is 6.54 Å². The van der Waals surface area contributed by atoms with E-state index < -0.39 is 0 Å². The van der Waals surface area contributed by atoms with Gasteiger partial charge in [-0.05, 0) is 79.4 Å². The quantitative estimate of drug-likeness (QED) is 0.766. The molecule has 3 saturated carbocycles. The van der Waals surface area contributed by atoms with Crippen LogP contribution in [-0.4, -0.2) is 24.4 Å². The second-order valence-corrected chi connectivity index (χ2v) is 9.84. The summed E-state index contributed by atoms with van der Waals surface area (Å²) in [4.78, 5) is 23.7. The monoisotopic (exact) mass is 346 g/mol. The number of nitrogens with one attached hydrogen (secondary N) is 2. The molecule has 0 aromatic heterocycles. The van der Waals surface area contributed by atoms with Crippen molar-refractivity contribution >= 4 is 11.8 Å². The predicted octanol–water partition coefficient (Wildman–Crippen LogP) is 3.26. The molecule has 25 heavy (non-hydrogen) atoms. The lowest BCUT2D eigenvalue weighted by atomic mass is 9.46. The van der Waals surface area contributed by atoms with Gasteiger partial charge in [0.05, 0.1) is 0 Å². The molecular weight excluding hydrogens is 312 g/mol. The zero-order chi connectivity index (χ0) is 17.8. The van der Waals surface area contributed by atoms with Crippen LogP contribution < -0.4 is 10.6 Å². The van der Waals surface area contributed by atoms with E-state index in [0.717, 1.165) is 43.6 Å². The number of carbonyl (C=O) groups is 2. The molecule has 2 N–H and O–H groups in total. The molecular formula is C21H34N2O2. The molecule has 4 rings (SSSR count). The van der Waals surface area contributed by atoms with Crippen LogP contribution in [0.4, 0.5) is 0 Å². The van der Waals surface area contributed by atoms with E-state index in [-0.39, 0.29) is 17.2 Å². The Morgan fingerprint density at radius 2 is 1.80 bits per heavy atom. The van der Waals surface area contributed by atoms with Crippen LogP contribution >= 0.6 is 0 Å². The third-order valence-electron chi connectivity index (χ3n) is 8.86. The molecule has 0 spiro atoms. The lowest BCUT2D eigenvalue weighted by molar-refractivity contribution is -0.126. The summed E-state index contributed by atoms with van der Waals surface area (Å²) >= 11 is 0. The molecule has 7 atom stereocenters. The Morgan fingerprint density at radius 1 is 1.04 bits per heavy atom. The predicted molar refractivity (Wildman–Crippen MR) is 97.7 cm³/mol. The van der Waals surface area contributed by atoms with Gasteiger partial charge in [0.1, 0.15) is 0 Å². The molecule has 0 unspecified atom stereocenters. The Kier molecular flexibility index (Phi) is 4.16. The van der Waals surface area contributed by atoms with Crippen LogP contribution in [0, 0.1) is 34.5 Å². The first kappa shape index (κ1) is 17.4. The smallest absolute Gasteiger partial charge is 0.220 e. The summed E-state index contributed by atoms with van der Waals surface area (Å²) in [6.45, 7) is 7.43. The van der Waals surface area contributed by atoms with E-state index in [0.29, 0.717) is 17.4 Å². The molecule has 4 heteroatoms. The number of hydrogen-bond donors (Lipinski definition) is 2. The first-order chi connectivity index (χ1) is 11.8. The normalized spacial score (nSPS) is 49.2. The van der Waals surface area contributed by atoms with Gasteiger partial charge in [-0.1, -0.05) is 13.8 Å². The third-order valence-corrected chi connectivity index (χ3v) is 8.86. The molecule has 1 saturated heterocycles. The van der Waals surface area contributed by atoms with Crippen molar-refractivity contribution in [3.8, 4) is 0 Å². The SMILES string of the molecule is CC(=O)N[C@H]1CC[C@H]2[C@H]3CC[C@H]4CC(=O)NCC[C@]4(C)[C@@H]3CC[C@]12C. The fourth-order valence-corrected chi connectivity index (χ4v) is 7.51. The minimum Gasteiger partial charge on any atom is -0.356 e. The Hall–Kier alpha value is -1.06. The number of hydrogen-bond acceptors (Lipinski definition) is 2. The van der Waals surface area contributed by atoms with Gasteiger partial charge in [-0.2, -0.15) is 0 Å². The van der Waals surface area contributed by atoms with Gasteiger partial charge >= 0.3 is 0 Å². The third kappa shape index (κ3) is 2.62. The van der Waals surface area contributed by atoms with E-state index in [2.05, 4.69) is 24.5 Å². The molecule has 4 fully saturated rings. The van der Waals surface area contributed by atoms with E-state index in [9.17, 15) is 9.59 Å². The summed E-state index contributed by atoms with van der Waals surface area (Å²) in [6, 6.07) is 0.360. The fourth-order valence-electron chi connectivity index (χ4n) is 7.51. The Morgan fingerprint density at radius 3 is 2.56 bits per heavy atom. The van der Waals surface area contributed by atoms with Gasteiger partial charge in [-0.25, -0.2) is 0 Å². The zero-order valence-corrected chi connectivity index (χ0v) is 16.1. The van der Waals surface area contributed by atoms with Crippen molar-refractivity contribution < 1.29 is 9.59 Å². The van der Waals surface area contributed by atoms with Gasteiger partial charge in [0, 0.05) is 25.9 Å². The zero-order valence-electron chi connectivity index (χ0n) is 16.1. The summed E-state index contributed by atoms with van der Waals surface area (Å²) in [5.41, 5.74) is 0.588. The maximum absolute atomic E-state index is 12.1. The average Bonchev–Trinajstić information content (AvgIpc) is 2.77. The van der Waals surface area contributed by atoms with Gasteiger partial charge in [-0.15, -0.1) is 0 Å². The topological polar surface area (TPSA) is 58.2 Å². The number of carbonyl (C=O) groups excluding carboxylic acids is 2. The van der Waals surface area contributed by atoms with Crippen LogP contribution in [0.2, 0.25) is 0 Å². The van der Waals surface area contributed by atoms with Crippen molar-refractivity contribution in [2.45, 2.75) is 78.2 Å². The van der Waals surface area contributed by atoms with Crippen molar-refractivity contribution in [1.82, 2.24) is 10.6 Å². The summed E-state index contributed by atoms with van der Waals surface area (Å²) in [6.07, 6.45) is 9.28. The maximum atomic E-state index is 12.1. The van der Waals surface area contributed by atoms with Crippen LogP contribution in [0.5, 0.6) is 0 Å². The highest BCUT2D eigenvalue weighted by Crippen LogP contribution is 2.65. The standard InChI is InChI=1S/C21H34N2O2/c1-13(24)23-18-7-6-16-15-5-4-14-12-19(25)22-11-10-20(14,2)17(15)8-9-21(16,18)3/h14-18H,4-12H2,1-3H3,(H,22,25)(H,23,24)/t14-,15+,16-,17+,18-,20-,21-/m0/s1. The molecule has 0 radical (unpaired) electrons. The first-order valence-corrected chi connectivity index (χ1v) is 10.4. The second-order valence-electron chi connectivity index (χ2n) is 9.84. The highest BCUT2D eigenvalue weighted by atomic mass is 16.2. The molecule has 140 valence electrons. The number of rotatable bonds is 1. The lowest BCUT2D eigenvalue weighted by Gasteiger charge is -2.58. The first-order valence-electron chi connectivity index (χ1n) is 10.4. The van der Waals surface area contributed by atoms with Crippen LogP contribution in [0.15, 0.2) is 0 Å². The van der Waals surface area contributed by atoms with Gasteiger partial charge in [-0.3, -0.25) is 9.59 Å². The summed E-state index contributed by atoms with van der Waals surface area (Å²) in [7, 11) is 0. The lowest BCUT2D eigenvalue weighted by Crippen LogP contribution is -2.54. The van der Waals surface area contributed by atoms with Crippen LogP contribution in [0.3, 0.4) is 0 Å². The highest BCUT2D eigenvalue weighted by Gasteiger charge is 2.59. The molecule has 3 aliphatic carbocycles. The van der Waals surface area contributed by atoms with Crippen molar-refractivity contribution in [3.05, 3.63) is 0 Å². The molecule has 4 aliphatic rings. The fraction of sp³-hybridized carbons (Fsp3) is 0.905. The summed E-state index contributed by atoms with van der Waals surface area (Å²) in [5.74, 6) is 3.23. The van der Waals surface area contributed by atoms with E-state index in [4.69, 9.17) is 0 Å². The number of fused-ring (bicyclic) bond motifs is 5. The molecule has 1 aliphatic heterocycles. The molecule has 0 bridgehead atoms. The molecule has 4 nitrogen and oxygen atoms in total. The van der Waals surface area contributed by atoms with Gasteiger partial charge in [0.25, 0.3) is 0 Å². The van der Waals surface area contributed by atoms with Crippen LogP contribution in [0.25, 0.3) is 0 Å². The minimum absolute atomic E-state index is 0.123. The van der Waals surface area contributed by atoms with Crippen molar-refractivity contribution in [3.63, 3.8) is 0 Å². The van der Waals surface area contributed by atoms with E-state index in [1.807, 2.05) is 0 Å². The number of amides is 2.